The van der Waals surface area contributed by atoms with Gasteiger partial charge in [0.05, 0.1) is 12.2 Å². The molecule has 0 saturated carbocycles. The van der Waals surface area contributed by atoms with Crippen LogP contribution in [0.4, 0.5) is 0 Å². The lowest BCUT2D eigenvalue weighted by molar-refractivity contribution is 0.0989. The topological polar surface area (TPSA) is 26.3 Å². The summed E-state index contributed by atoms with van der Waals surface area (Å²) in [6, 6.07) is 13.5. The monoisotopic (exact) mass is 332 g/mol. The molecule has 0 saturated heterocycles. The molecule has 0 heterocycles. The summed E-state index contributed by atoms with van der Waals surface area (Å²) in [6.45, 7) is 4.45. The Morgan fingerprint density at radius 2 is 1.85 bits per heavy atom. The van der Waals surface area contributed by atoms with Crippen LogP contribution in [-0.2, 0) is 6.42 Å². The van der Waals surface area contributed by atoms with Gasteiger partial charge in [-0.05, 0) is 43.7 Å². The summed E-state index contributed by atoms with van der Waals surface area (Å²) in [7, 11) is 0. The third-order valence-corrected chi connectivity index (χ3v) is 3.54. The maximum Gasteiger partial charge on any atom is 0.170 e. The fourth-order valence-corrected chi connectivity index (χ4v) is 2.29. The summed E-state index contributed by atoms with van der Waals surface area (Å²) < 4.78 is 6.55. The minimum absolute atomic E-state index is 0.0828. The average molecular weight is 333 g/mol. The second kappa shape index (κ2) is 6.71. The van der Waals surface area contributed by atoms with Gasteiger partial charge in [-0.15, -0.1) is 0 Å². The van der Waals surface area contributed by atoms with Gasteiger partial charge in [-0.25, -0.2) is 0 Å². The number of carbonyl (C=O) groups is 1. The van der Waals surface area contributed by atoms with E-state index in [-0.39, 0.29) is 5.78 Å². The molecule has 0 bridgehead atoms. The third-order valence-electron chi connectivity index (χ3n) is 3.01. The van der Waals surface area contributed by atoms with Crippen molar-refractivity contribution >= 4 is 21.7 Å². The highest BCUT2D eigenvalue weighted by Gasteiger charge is 2.13. The first-order valence-corrected chi connectivity index (χ1v) is 7.40. The molecular formula is C17H17BrO2. The van der Waals surface area contributed by atoms with Gasteiger partial charge in [-0.2, -0.15) is 0 Å². The Hall–Kier alpha value is -1.61. The highest BCUT2D eigenvalue weighted by Crippen LogP contribution is 2.22. The van der Waals surface area contributed by atoms with Gasteiger partial charge < -0.3 is 4.74 Å². The molecule has 0 unspecified atom stereocenters. The molecule has 0 atom stereocenters. The molecule has 2 rings (SSSR count). The van der Waals surface area contributed by atoms with Crippen LogP contribution in [0.3, 0.4) is 0 Å². The maximum absolute atomic E-state index is 12.5. The van der Waals surface area contributed by atoms with E-state index in [9.17, 15) is 4.79 Å². The second-order valence-corrected chi connectivity index (χ2v) is 5.57. The summed E-state index contributed by atoms with van der Waals surface area (Å²) in [6.07, 6.45) is 0.386. The van der Waals surface area contributed by atoms with Crippen LogP contribution in [0.1, 0.15) is 28.4 Å². The summed E-state index contributed by atoms with van der Waals surface area (Å²) in [5.74, 6) is 0.750. The molecule has 0 fully saturated rings. The van der Waals surface area contributed by atoms with Crippen LogP contribution in [0.15, 0.2) is 46.9 Å². The van der Waals surface area contributed by atoms with Crippen LogP contribution in [-0.4, -0.2) is 12.4 Å². The Morgan fingerprint density at radius 1 is 1.15 bits per heavy atom. The highest BCUT2D eigenvalue weighted by molar-refractivity contribution is 9.10. The first-order chi connectivity index (χ1) is 9.60. The Bertz CT molecular complexity index is 603. The molecule has 0 N–H and O–H groups in total. The first-order valence-electron chi connectivity index (χ1n) is 6.61. The van der Waals surface area contributed by atoms with E-state index in [1.165, 1.54) is 0 Å². The zero-order valence-electron chi connectivity index (χ0n) is 11.7. The van der Waals surface area contributed by atoms with Crippen molar-refractivity contribution in [3.05, 3.63) is 63.6 Å². The number of rotatable bonds is 5. The lowest BCUT2D eigenvalue weighted by Gasteiger charge is -2.10. The van der Waals surface area contributed by atoms with Crippen molar-refractivity contribution in [1.29, 1.82) is 0 Å². The van der Waals surface area contributed by atoms with Crippen LogP contribution in [0, 0.1) is 6.92 Å². The molecular weight excluding hydrogens is 316 g/mol. The number of Topliss-reactive ketones (excluding diaryl/α,β-unsaturated/α-hetero) is 1. The highest BCUT2D eigenvalue weighted by atomic mass is 79.9. The van der Waals surface area contributed by atoms with Crippen molar-refractivity contribution in [2.45, 2.75) is 20.3 Å². The normalized spacial score (nSPS) is 10.3. The largest absolute Gasteiger partial charge is 0.493 e. The fourth-order valence-electron chi connectivity index (χ4n) is 2.03. The summed E-state index contributed by atoms with van der Waals surface area (Å²) >= 11 is 3.39. The zero-order chi connectivity index (χ0) is 14.5. The van der Waals surface area contributed by atoms with Crippen molar-refractivity contribution in [3.63, 3.8) is 0 Å². The van der Waals surface area contributed by atoms with Crippen LogP contribution in [0.2, 0.25) is 0 Å². The molecule has 2 aromatic carbocycles. The molecule has 2 nitrogen and oxygen atoms in total. The number of benzene rings is 2. The van der Waals surface area contributed by atoms with E-state index in [0.717, 1.165) is 15.6 Å². The minimum Gasteiger partial charge on any atom is -0.493 e. The van der Waals surface area contributed by atoms with Gasteiger partial charge >= 0.3 is 0 Å². The predicted molar refractivity (Wildman–Crippen MR) is 84.5 cm³/mol. The molecule has 0 aliphatic carbocycles. The number of hydrogen-bond donors (Lipinski definition) is 0. The number of hydrogen-bond acceptors (Lipinski definition) is 2. The molecule has 0 aliphatic rings. The van der Waals surface area contributed by atoms with Gasteiger partial charge in [0.15, 0.2) is 5.78 Å². The molecule has 0 amide bonds. The van der Waals surface area contributed by atoms with Gasteiger partial charge in [-0.1, -0.05) is 39.7 Å². The Balaban J connectivity index is 2.23. The Morgan fingerprint density at radius 3 is 2.50 bits per heavy atom. The van der Waals surface area contributed by atoms with Gasteiger partial charge in [0.2, 0.25) is 0 Å². The van der Waals surface area contributed by atoms with E-state index in [1.807, 2.05) is 56.3 Å². The first kappa shape index (κ1) is 14.8. The second-order valence-electron chi connectivity index (χ2n) is 4.66. The zero-order valence-corrected chi connectivity index (χ0v) is 13.2. The van der Waals surface area contributed by atoms with Crippen LogP contribution >= 0.6 is 15.9 Å². The van der Waals surface area contributed by atoms with Gasteiger partial charge in [0, 0.05) is 10.9 Å². The number of ketones is 1. The van der Waals surface area contributed by atoms with Gasteiger partial charge in [-0.3, -0.25) is 4.79 Å². The van der Waals surface area contributed by atoms with Gasteiger partial charge in [0.1, 0.15) is 5.75 Å². The van der Waals surface area contributed by atoms with Crippen LogP contribution in [0.25, 0.3) is 0 Å². The SMILES string of the molecule is CCOc1ccc(C)cc1C(=O)Cc1ccc(Br)cc1. The van der Waals surface area contributed by atoms with E-state index in [1.54, 1.807) is 0 Å². The third kappa shape index (κ3) is 3.70. The summed E-state index contributed by atoms with van der Waals surface area (Å²) in [5, 5.41) is 0. The summed E-state index contributed by atoms with van der Waals surface area (Å²) in [4.78, 5) is 12.5. The van der Waals surface area contributed by atoms with E-state index in [0.29, 0.717) is 24.3 Å². The van der Waals surface area contributed by atoms with E-state index in [4.69, 9.17) is 4.74 Å². The molecule has 2 aromatic rings. The van der Waals surface area contributed by atoms with Crippen molar-refractivity contribution in [2.24, 2.45) is 0 Å². The number of halogens is 1. The number of carbonyl (C=O) groups excluding carboxylic acids is 1. The molecule has 0 aromatic heterocycles. The van der Waals surface area contributed by atoms with Crippen molar-refractivity contribution < 1.29 is 9.53 Å². The van der Waals surface area contributed by atoms with Crippen LogP contribution in [0.5, 0.6) is 5.75 Å². The standard InChI is InChI=1S/C17H17BrO2/c1-3-20-17-9-4-12(2)10-15(17)16(19)11-13-5-7-14(18)8-6-13/h4-10H,3,11H2,1-2H3. The van der Waals surface area contributed by atoms with E-state index < -0.39 is 0 Å². The minimum atomic E-state index is 0.0828. The smallest absolute Gasteiger partial charge is 0.170 e. The van der Waals surface area contributed by atoms with E-state index in [2.05, 4.69) is 15.9 Å². The predicted octanol–water partition coefficient (Wildman–Crippen LogP) is 4.58. The lowest BCUT2D eigenvalue weighted by atomic mass is 10.0. The van der Waals surface area contributed by atoms with Crippen molar-refractivity contribution in [1.82, 2.24) is 0 Å². The van der Waals surface area contributed by atoms with Crippen molar-refractivity contribution in [3.8, 4) is 5.75 Å². The summed E-state index contributed by atoms with van der Waals surface area (Å²) in [5.41, 5.74) is 2.73. The fraction of sp³-hybridized carbons (Fsp3) is 0.235. The quantitative estimate of drug-likeness (QED) is 0.749. The van der Waals surface area contributed by atoms with Crippen molar-refractivity contribution in [2.75, 3.05) is 6.61 Å². The van der Waals surface area contributed by atoms with Gasteiger partial charge in [0.25, 0.3) is 0 Å². The molecule has 104 valence electrons. The molecule has 0 spiro atoms. The molecule has 3 heteroatoms. The van der Waals surface area contributed by atoms with Crippen LogP contribution < -0.4 is 4.74 Å². The number of ether oxygens (including phenoxy) is 1. The Labute approximate surface area is 127 Å². The maximum atomic E-state index is 12.5. The molecule has 0 aliphatic heterocycles. The average Bonchev–Trinajstić information content (AvgIpc) is 2.43. The lowest BCUT2D eigenvalue weighted by Crippen LogP contribution is -2.07. The Kier molecular flexibility index (Phi) is 4.96. The molecule has 20 heavy (non-hydrogen) atoms. The molecule has 0 radical (unpaired) electrons. The van der Waals surface area contributed by atoms with E-state index >= 15 is 0 Å². The number of aryl methyl sites for hydroxylation is 1.